The van der Waals surface area contributed by atoms with Crippen molar-refractivity contribution in [3.05, 3.63) is 36.0 Å². The van der Waals surface area contributed by atoms with Gasteiger partial charge in [-0.15, -0.1) is 0 Å². The van der Waals surface area contributed by atoms with Gasteiger partial charge in [0.2, 0.25) is 5.88 Å². The normalized spacial score (nSPS) is 22.9. The van der Waals surface area contributed by atoms with E-state index in [1.54, 1.807) is 11.8 Å². The number of fused-ring (bicyclic) bond motifs is 2. The summed E-state index contributed by atoms with van der Waals surface area (Å²) >= 11 is 0. The van der Waals surface area contributed by atoms with Gasteiger partial charge >= 0.3 is 0 Å². The van der Waals surface area contributed by atoms with Crippen molar-refractivity contribution < 1.29 is 17.9 Å². The molecule has 2 aliphatic heterocycles. The average Bonchev–Trinajstić information content (AvgIpc) is 3.05. The first-order valence-corrected chi connectivity index (χ1v) is 9.82. The molecule has 7 nitrogen and oxygen atoms in total. The van der Waals surface area contributed by atoms with E-state index in [0.29, 0.717) is 31.1 Å². The molecule has 134 valence electrons. The van der Waals surface area contributed by atoms with Gasteiger partial charge in [0.1, 0.15) is 0 Å². The number of rotatable bonds is 3. The minimum Gasteiger partial charge on any atom is -0.477 e. The van der Waals surface area contributed by atoms with E-state index < -0.39 is 10.0 Å². The van der Waals surface area contributed by atoms with E-state index in [1.165, 1.54) is 10.5 Å². The van der Waals surface area contributed by atoms with Crippen LogP contribution in [0.2, 0.25) is 0 Å². The zero-order valence-corrected chi connectivity index (χ0v) is 15.1. The molecule has 0 spiro atoms. The van der Waals surface area contributed by atoms with Crippen molar-refractivity contribution in [2.45, 2.75) is 43.4 Å². The Hall–Kier alpha value is -2.06. The molecule has 1 aromatic carbocycles. The second kappa shape index (κ2) is 6.03. The quantitative estimate of drug-likeness (QED) is 0.832. The zero-order chi connectivity index (χ0) is 17.6. The van der Waals surface area contributed by atoms with Crippen LogP contribution in [0.5, 0.6) is 5.88 Å². The molecule has 0 radical (unpaired) electrons. The molecule has 8 heteroatoms. The van der Waals surface area contributed by atoms with Crippen LogP contribution in [-0.4, -0.2) is 44.1 Å². The van der Waals surface area contributed by atoms with Gasteiger partial charge in [0.05, 0.1) is 30.6 Å². The van der Waals surface area contributed by atoms with Crippen LogP contribution in [-0.2, 0) is 27.7 Å². The lowest BCUT2D eigenvalue weighted by Gasteiger charge is -2.40. The largest absolute Gasteiger partial charge is 0.477 e. The van der Waals surface area contributed by atoms with E-state index >= 15 is 0 Å². The highest BCUT2D eigenvalue weighted by Crippen LogP contribution is 2.38. The fraction of sp³-hybridized carbons (Fsp3) is 0.471. The van der Waals surface area contributed by atoms with Gasteiger partial charge in [0.25, 0.3) is 10.0 Å². The topological polar surface area (TPSA) is 73.7 Å². The standard InChI is InChI=1S/C17H21N3O4S/c1-12-15(23-2)10-13-6-3-4-7-14(13)20(12)25(21,22)16-11-18-19-8-5-9-24-17(16)19/h3-4,6-7,11-12,15H,5,8-10H2,1-2H3. The molecule has 2 unspecified atom stereocenters. The number of ether oxygens (including phenoxy) is 2. The number of methoxy groups -OCH3 is 1. The number of nitrogens with zero attached hydrogens (tertiary/aromatic N) is 3. The number of sulfonamides is 1. The first-order valence-electron chi connectivity index (χ1n) is 8.38. The molecule has 0 saturated carbocycles. The molecule has 0 bridgehead atoms. The number of anilines is 1. The van der Waals surface area contributed by atoms with Crippen molar-refractivity contribution in [1.82, 2.24) is 9.78 Å². The first kappa shape index (κ1) is 16.4. The third kappa shape index (κ3) is 2.51. The van der Waals surface area contributed by atoms with Crippen molar-refractivity contribution >= 4 is 15.7 Å². The summed E-state index contributed by atoms with van der Waals surface area (Å²) in [4.78, 5) is 0.116. The van der Waals surface area contributed by atoms with E-state index in [-0.39, 0.29) is 17.0 Å². The molecule has 0 aliphatic carbocycles. The van der Waals surface area contributed by atoms with Gasteiger partial charge < -0.3 is 9.47 Å². The van der Waals surface area contributed by atoms with Gasteiger partial charge in [-0.3, -0.25) is 4.31 Å². The Balaban J connectivity index is 1.85. The van der Waals surface area contributed by atoms with E-state index in [9.17, 15) is 8.42 Å². The molecule has 25 heavy (non-hydrogen) atoms. The summed E-state index contributed by atoms with van der Waals surface area (Å²) in [5.41, 5.74) is 1.65. The van der Waals surface area contributed by atoms with Gasteiger partial charge in [-0.2, -0.15) is 5.10 Å². The number of aryl methyl sites for hydroxylation is 1. The highest BCUT2D eigenvalue weighted by Gasteiger charge is 2.41. The van der Waals surface area contributed by atoms with Crippen molar-refractivity contribution in [3.63, 3.8) is 0 Å². The number of hydrogen-bond acceptors (Lipinski definition) is 5. The third-order valence-corrected chi connectivity index (χ3v) is 6.79. The monoisotopic (exact) mass is 363 g/mol. The van der Waals surface area contributed by atoms with E-state index in [4.69, 9.17) is 9.47 Å². The molecule has 3 heterocycles. The predicted octanol–water partition coefficient (Wildman–Crippen LogP) is 1.82. The molecule has 0 fully saturated rings. The summed E-state index contributed by atoms with van der Waals surface area (Å²) in [5.74, 6) is 0.329. The molecule has 0 amide bonds. The highest BCUT2D eigenvalue weighted by atomic mass is 32.2. The van der Waals surface area contributed by atoms with Gasteiger partial charge in [0.15, 0.2) is 4.90 Å². The number of para-hydroxylation sites is 1. The summed E-state index contributed by atoms with van der Waals surface area (Å²) in [6.07, 6.45) is 2.68. The number of aromatic nitrogens is 2. The van der Waals surface area contributed by atoms with Crippen molar-refractivity contribution in [2.75, 3.05) is 18.0 Å². The minimum absolute atomic E-state index is 0.116. The lowest BCUT2D eigenvalue weighted by Crippen LogP contribution is -2.50. The Kier molecular flexibility index (Phi) is 3.96. The second-order valence-electron chi connectivity index (χ2n) is 6.39. The van der Waals surface area contributed by atoms with Crippen LogP contribution < -0.4 is 9.04 Å². The molecule has 0 N–H and O–H groups in total. The number of hydrogen-bond donors (Lipinski definition) is 0. The zero-order valence-electron chi connectivity index (χ0n) is 14.3. The Labute approximate surface area is 147 Å². The van der Waals surface area contributed by atoms with Crippen LogP contribution in [0.1, 0.15) is 18.9 Å². The third-order valence-electron chi connectivity index (χ3n) is 4.91. The number of benzene rings is 1. The van der Waals surface area contributed by atoms with Gasteiger partial charge in [-0.25, -0.2) is 13.1 Å². The summed E-state index contributed by atoms with van der Waals surface area (Å²) < 4.78 is 41.2. The summed E-state index contributed by atoms with van der Waals surface area (Å²) in [6, 6.07) is 7.22. The van der Waals surface area contributed by atoms with Crippen molar-refractivity contribution in [3.8, 4) is 5.88 Å². The van der Waals surface area contributed by atoms with Crippen LogP contribution in [0.4, 0.5) is 5.69 Å². The second-order valence-corrected chi connectivity index (χ2v) is 8.17. The maximum Gasteiger partial charge on any atom is 0.271 e. The summed E-state index contributed by atoms with van der Waals surface area (Å²) in [7, 11) is -2.20. The fourth-order valence-corrected chi connectivity index (χ4v) is 5.40. The van der Waals surface area contributed by atoms with Gasteiger partial charge in [0, 0.05) is 26.5 Å². The van der Waals surface area contributed by atoms with Crippen LogP contribution in [0, 0.1) is 0 Å². The van der Waals surface area contributed by atoms with Crippen LogP contribution >= 0.6 is 0 Å². The van der Waals surface area contributed by atoms with E-state index in [2.05, 4.69) is 5.10 Å². The molecule has 2 aromatic rings. The SMILES string of the molecule is COC1Cc2ccccc2N(S(=O)(=O)c2cnn3c2OCCC3)C1C. The highest BCUT2D eigenvalue weighted by molar-refractivity contribution is 7.93. The summed E-state index contributed by atoms with van der Waals surface area (Å²) in [5, 5.41) is 4.19. The lowest BCUT2D eigenvalue weighted by atomic mass is 9.96. The van der Waals surface area contributed by atoms with Gasteiger partial charge in [-0.1, -0.05) is 18.2 Å². The molecule has 2 atom stereocenters. The van der Waals surface area contributed by atoms with Crippen molar-refractivity contribution in [2.24, 2.45) is 0 Å². The maximum absolute atomic E-state index is 13.5. The Morgan fingerprint density at radius 3 is 2.92 bits per heavy atom. The van der Waals surface area contributed by atoms with Crippen molar-refractivity contribution in [1.29, 1.82) is 0 Å². The maximum atomic E-state index is 13.5. The Morgan fingerprint density at radius 2 is 2.12 bits per heavy atom. The minimum atomic E-state index is -3.82. The first-order chi connectivity index (χ1) is 12.0. The molecular formula is C17H21N3O4S. The fourth-order valence-electron chi connectivity index (χ4n) is 3.61. The Morgan fingerprint density at radius 1 is 1.32 bits per heavy atom. The van der Waals surface area contributed by atoms with Crippen LogP contribution in [0.25, 0.3) is 0 Å². The molecule has 1 aromatic heterocycles. The van der Waals surface area contributed by atoms with Crippen LogP contribution in [0.15, 0.2) is 35.4 Å². The smallest absolute Gasteiger partial charge is 0.271 e. The Bertz CT molecular complexity index is 893. The predicted molar refractivity (Wildman–Crippen MR) is 92.4 cm³/mol. The average molecular weight is 363 g/mol. The molecule has 2 aliphatic rings. The molecule has 0 saturated heterocycles. The van der Waals surface area contributed by atoms with E-state index in [1.807, 2.05) is 31.2 Å². The molecular weight excluding hydrogens is 342 g/mol. The molecule has 4 rings (SSSR count). The van der Waals surface area contributed by atoms with Crippen LogP contribution in [0.3, 0.4) is 0 Å². The summed E-state index contributed by atoms with van der Waals surface area (Å²) in [6.45, 7) is 3.04. The van der Waals surface area contributed by atoms with Gasteiger partial charge in [-0.05, 0) is 18.6 Å². The van der Waals surface area contributed by atoms with E-state index in [0.717, 1.165) is 12.0 Å². The lowest BCUT2D eigenvalue weighted by molar-refractivity contribution is 0.0831.